The lowest BCUT2D eigenvalue weighted by atomic mass is 9.90. The van der Waals surface area contributed by atoms with Crippen molar-refractivity contribution in [2.24, 2.45) is 11.8 Å². The van der Waals surface area contributed by atoms with E-state index < -0.39 is 0 Å². The Morgan fingerprint density at radius 2 is 1.87 bits per heavy atom. The van der Waals surface area contributed by atoms with Gasteiger partial charge in [0, 0.05) is 12.6 Å². The van der Waals surface area contributed by atoms with Crippen LogP contribution in [-0.2, 0) is 0 Å². The Hall–Kier alpha value is -0.0800. The van der Waals surface area contributed by atoms with Crippen molar-refractivity contribution in [2.45, 2.75) is 45.6 Å². The van der Waals surface area contributed by atoms with Gasteiger partial charge < -0.3 is 10.2 Å². The van der Waals surface area contributed by atoms with Crippen LogP contribution < -0.4 is 5.32 Å². The molecule has 2 nitrogen and oxygen atoms in total. The number of likely N-dealkylation sites (tertiary alicyclic amines) is 1. The van der Waals surface area contributed by atoms with Crippen LogP contribution in [-0.4, -0.2) is 37.1 Å². The van der Waals surface area contributed by atoms with Gasteiger partial charge in [0.15, 0.2) is 0 Å². The van der Waals surface area contributed by atoms with Gasteiger partial charge in [-0.15, -0.1) is 0 Å². The smallest absolute Gasteiger partial charge is 0.00678 e. The molecule has 1 aliphatic heterocycles. The lowest BCUT2D eigenvalue weighted by Gasteiger charge is -2.35. The quantitative estimate of drug-likeness (QED) is 0.747. The Morgan fingerprint density at radius 1 is 1.20 bits per heavy atom. The predicted molar refractivity (Wildman–Crippen MR) is 65.0 cm³/mol. The first-order valence-electron chi connectivity index (χ1n) is 6.75. The van der Waals surface area contributed by atoms with Crippen molar-refractivity contribution in [1.82, 2.24) is 10.2 Å². The fraction of sp³-hybridized carbons (Fsp3) is 1.00. The molecule has 1 aliphatic carbocycles. The third-order valence-corrected chi connectivity index (χ3v) is 4.08. The second-order valence-electron chi connectivity index (χ2n) is 5.43. The SMILES string of the molecule is CCNC(C)C1CCN(CC2CC2)CC1. The highest BCUT2D eigenvalue weighted by Crippen LogP contribution is 2.31. The summed E-state index contributed by atoms with van der Waals surface area (Å²) in [5, 5.41) is 3.56. The standard InChI is InChI=1S/C13H26N2/c1-3-14-11(2)13-6-8-15(9-7-13)10-12-4-5-12/h11-14H,3-10H2,1-2H3. The van der Waals surface area contributed by atoms with Crippen molar-refractivity contribution in [2.75, 3.05) is 26.2 Å². The van der Waals surface area contributed by atoms with Crippen molar-refractivity contribution in [3.63, 3.8) is 0 Å². The number of nitrogens with zero attached hydrogens (tertiary/aromatic N) is 1. The first-order chi connectivity index (χ1) is 7.29. The summed E-state index contributed by atoms with van der Waals surface area (Å²) in [5.41, 5.74) is 0. The molecule has 0 aromatic carbocycles. The van der Waals surface area contributed by atoms with Gasteiger partial charge in [-0.1, -0.05) is 6.92 Å². The third kappa shape index (κ3) is 3.46. The minimum atomic E-state index is 0.720. The molecule has 0 aromatic rings. The van der Waals surface area contributed by atoms with Gasteiger partial charge >= 0.3 is 0 Å². The van der Waals surface area contributed by atoms with E-state index in [0.29, 0.717) is 0 Å². The van der Waals surface area contributed by atoms with Gasteiger partial charge in [0.2, 0.25) is 0 Å². The first-order valence-corrected chi connectivity index (χ1v) is 6.75. The number of piperidine rings is 1. The molecule has 0 spiro atoms. The van der Waals surface area contributed by atoms with Crippen molar-refractivity contribution in [1.29, 1.82) is 0 Å². The van der Waals surface area contributed by atoms with Gasteiger partial charge in [0.1, 0.15) is 0 Å². The zero-order chi connectivity index (χ0) is 10.7. The molecule has 0 amide bonds. The molecule has 2 rings (SSSR count). The van der Waals surface area contributed by atoms with E-state index in [1.54, 1.807) is 0 Å². The molecule has 0 bridgehead atoms. The van der Waals surface area contributed by atoms with Crippen LogP contribution in [0.2, 0.25) is 0 Å². The van der Waals surface area contributed by atoms with Crippen molar-refractivity contribution < 1.29 is 0 Å². The van der Waals surface area contributed by atoms with Gasteiger partial charge in [-0.05, 0) is 64.1 Å². The maximum Gasteiger partial charge on any atom is 0.00678 e. The van der Waals surface area contributed by atoms with Crippen LogP contribution in [0.3, 0.4) is 0 Å². The van der Waals surface area contributed by atoms with Gasteiger partial charge in [0.05, 0.1) is 0 Å². The molecule has 2 heteroatoms. The van der Waals surface area contributed by atoms with E-state index in [1.165, 1.54) is 45.3 Å². The summed E-state index contributed by atoms with van der Waals surface area (Å²) in [6.07, 6.45) is 5.79. The molecule has 1 heterocycles. The molecule has 88 valence electrons. The largest absolute Gasteiger partial charge is 0.314 e. The molecular formula is C13H26N2. The predicted octanol–water partition coefficient (Wildman–Crippen LogP) is 2.11. The van der Waals surface area contributed by atoms with Crippen LogP contribution in [0, 0.1) is 11.8 Å². The Morgan fingerprint density at radius 3 is 2.40 bits per heavy atom. The average Bonchev–Trinajstić information content (AvgIpc) is 3.03. The summed E-state index contributed by atoms with van der Waals surface area (Å²) in [4.78, 5) is 2.69. The highest BCUT2D eigenvalue weighted by Gasteiger charge is 2.28. The van der Waals surface area contributed by atoms with Crippen LogP contribution in [0.25, 0.3) is 0 Å². The summed E-state index contributed by atoms with van der Waals surface area (Å²) in [6, 6.07) is 0.720. The van der Waals surface area contributed by atoms with E-state index in [4.69, 9.17) is 0 Å². The Bertz CT molecular complexity index is 181. The van der Waals surface area contributed by atoms with Crippen LogP contribution >= 0.6 is 0 Å². The summed E-state index contributed by atoms with van der Waals surface area (Å²) in [6.45, 7) is 9.75. The fourth-order valence-electron chi connectivity index (χ4n) is 2.79. The summed E-state index contributed by atoms with van der Waals surface area (Å²) < 4.78 is 0. The van der Waals surface area contributed by atoms with Gasteiger partial charge in [-0.3, -0.25) is 0 Å². The Kier molecular flexibility index (Phi) is 4.04. The molecular weight excluding hydrogens is 184 g/mol. The average molecular weight is 210 g/mol. The zero-order valence-corrected chi connectivity index (χ0v) is 10.3. The topological polar surface area (TPSA) is 15.3 Å². The second kappa shape index (κ2) is 5.31. The van der Waals surface area contributed by atoms with Gasteiger partial charge in [0.25, 0.3) is 0 Å². The molecule has 1 saturated heterocycles. The number of hydrogen-bond acceptors (Lipinski definition) is 2. The molecule has 1 unspecified atom stereocenters. The zero-order valence-electron chi connectivity index (χ0n) is 10.3. The molecule has 2 fully saturated rings. The number of rotatable bonds is 5. The van der Waals surface area contributed by atoms with Gasteiger partial charge in [-0.2, -0.15) is 0 Å². The van der Waals surface area contributed by atoms with Crippen molar-refractivity contribution in [3.05, 3.63) is 0 Å². The molecule has 1 saturated carbocycles. The number of nitrogens with one attached hydrogen (secondary N) is 1. The minimum absolute atomic E-state index is 0.720. The fourth-order valence-corrected chi connectivity index (χ4v) is 2.79. The van der Waals surface area contributed by atoms with E-state index in [-0.39, 0.29) is 0 Å². The summed E-state index contributed by atoms with van der Waals surface area (Å²) in [5.74, 6) is 1.98. The molecule has 2 aliphatic rings. The monoisotopic (exact) mass is 210 g/mol. The maximum atomic E-state index is 3.56. The first kappa shape index (κ1) is 11.4. The molecule has 15 heavy (non-hydrogen) atoms. The van der Waals surface area contributed by atoms with Crippen molar-refractivity contribution >= 4 is 0 Å². The Balaban J connectivity index is 1.66. The highest BCUT2D eigenvalue weighted by atomic mass is 15.1. The second-order valence-corrected chi connectivity index (χ2v) is 5.43. The van der Waals surface area contributed by atoms with Crippen LogP contribution in [0.15, 0.2) is 0 Å². The molecule has 1 atom stereocenters. The molecule has 0 aromatic heterocycles. The lowest BCUT2D eigenvalue weighted by Crippen LogP contribution is -2.42. The summed E-state index contributed by atoms with van der Waals surface area (Å²) >= 11 is 0. The lowest BCUT2D eigenvalue weighted by molar-refractivity contribution is 0.158. The van der Waals surface area contributed by atoms with Crippen LogP contribution in [0.1, 0.15) is 39.5 Å². The molecule has 0 radical (unpaired) electrons. The minimum Gasteiger partial charge on any atom is -0.314 e. The van der Waals surface area contributed by atoms with Crippen LogP contribution in [0.4, 0.5) is 0 Å². The van der Waals surface area contributed by atoms with Crippen molar-refractivity contribution in [3.8, 4) is 0 Å². The van der Waals surface area contributed by atoms with E-state index in [2.05, 4.69) is 24.1 Å². The van der Waals surface area contributed by atoms with E-state index >= 15 is 0 Å². The van der Waals surface area contributed by atoms with E-state index in [0.717, 1.165) is 24.4 Å². The van der Waals surface area contributed by atoms with E-state index in [9.17, 15) is 0 Å². The highest BCUT2D eigenvalue weighted by molar-refractivity contribution is 4.83. The number of hydrogen-bond donors (Lipinski definition) is 1. The maximum absolute atomic E-state index is 3.56. The molecule has 1 N–H and O–H groups in total. The normalized spacial score (nSPS) is 26.8. The summed E-state index contributed by atoms with van der Waals surface area (Å²) in [7, 11) is 0. The van der Waals surface area contributed by atoms with E-state index in [1.807, 2.05) is 0 Å². The third-order valence-electron chi connectivity index (χ3n) is 4.08. The Labute approximate surface area is 94.4 Å². The van der Waals surface area contributed by atoms with Gasteiger partial charge in [-0.25, -0.2) is 0 Å². The van der Waals surface area contributed by atoms with Crippen LogP contribution in [0.5, 0.6) is 0 Å².